The third kappa shape index (κ3) is 3.59. The van der Waals surface area contributed by atoms with E-state index in [4.69, 9.17) is 27.2 Å². The quantitative estimate of drug-likeness (QED) is 0.743. The number of rotatable bonds is 4. The number of nitrogens with two attached hydrogens (primary N) is 1. The first-order valence-corrected chi connectivity index (χ1v) is 4.21. The largest absolute Gasteiger partial charge is 0.489 e. The van der Waals surface area contributed by atoms with Gasteiger partial charge in [-0.2, -0.15) is 0 Å². The van der Waals surface area contributed by atoms with Gasteiger partial charge in [0.25, 0.3) is 0 Å². The van der Waals surface area contributed by atoms with E-state index in [9.17, 15) is 0 Å². The van der Waals surface area contributed by atoms with E-state index >= 15 is 0 Å². The zero-order valence-corrected chi connectivity index (χ0v) is 7.74. The van der Waals surface area contributed by atoms with Crippen molar-refractivity contribution >= 4 is 11.6 Å². The fraction of sp³-hybridized carbons (Fsp3) is 0.375. The fourth-order valence-electron chi connectivity index (χ4n) is 0.732. The van der Waals surface area contributed by atoms with Gasteiger partial charge in [-0.15, -0.1) is 0 Å². The molecule has 0 saturated heterocycles. The van der Waals surface area contributed by atoms with E-state index in [1.807, 2.05) is 0 Å². The van der Waals surface area contributed by atoms with E-state index < -0.39 is 6.10 Å². The van der Waals surface area contributed by atoms with E-state index in [2.05, 4.69) is 4.98 Å². The first kappa shape index (κ1) is 10.2. The summed E-state index contributed by atoms with van der Waals surface area (Å²) < 4.78 is 5.16. The monoisotopic (exact) mass is 202 g/mol. The van der Waals surface area contributed by atoms with Crippen LogP contribution in [0.25, 0.3) is 0 Å². The van der Waals surface area contributed by atoms with E-state index in [0.717, 1.165) is 0 Å². The molecular formula is C8H11ClN2O2. The summed E-state index contributed by atoms with van der Waals surface area (Å²) in [4.78, 5) is 3.82. The van der Waals surface area contributed by atoms with Crippen molar-refractivity contribution < 1.29 is 9.84 Å². The zero-order chi connectivity index (χ0) is 9.68. The molecule has 0 aliphatic rings. The third-order valence-electron chi connectivity index (χ3n) is 1.39. The van der Waals surface area contributed by atoms with Gasteiger partial charge in [0.2, 0.25) is 0 Å². The summed E-state index contributed by atoms with van der Waals surface area (Å²) in [6.07, 6.45) is 2.38. The maximum absolute atomic E-state index is 9.09. The Morgan fingerprint density at radius 1 is 1.62 bits per heavy atom. The molecule has 72 valence electrons. The minimum atomic E-state index is -0.654. The van der Waals surface area contributed by atoms with Crippen molar-refractivity contribution in [3.05, 3.63) is 23.5 Å². The molecule has 1 unspecified atom stereocenters. The molecule has 1 rings (SSSR count). The minimum absolute atomic E-state index is 0.151. The zero-order valence-electron chi connectivity index (χ0n) is 6.98. The summed E-state index contributed by atoms with van der Waals surface area (Å²) in [5.74, 6) is 0.528. The lowest BCUT2D eigenvalue weighted by Crippen LogP contribution is -2.26. The molecule has 0 amide bonds. The number of aliphatic hydroxyl groups is 1. The summed E-state index contributed by atoms with van der Waals surface area (Å²) in [5.41, 5.74) is 5.19. The van der Waals surface area contributed by atoms with Crippen LogP contribution in [0.4, 0.5) is 0 Å². The maximum Gasteiger partial charge on any atom is 0.139 e. The minimum Gasteiger partial charge on any atom is -0.489 e. The molecule has 1 aromatic rings. The van der Waals surface area contributed by atoms with Crippen molar-refractivity contribution in [3.63, 3.8) is 0 Å². The highest BCUT2D eigenvalue weighted by Crippen LogP contribution is 2.14. The standard InChI is InChI=1S/C8H11ClN2O2/c9-6-1-8(4-11-3-6)13-5-7(12)2-10/h1,3-4,7,12H,2,5,10H2. The van der Waals surface area contributed by atoms with Gasteiger partial charge in [-0.05, 0) is 0 Å². The topological polar surface area (TPSA) is 68.4 Å². The van der Waals surface area contributed by atoms with Crippen LogP contribution in [0.2, 0.25) is 5.02 Å². The summed E-state index contributed by atoms with van der Waals surface area (Å²) in [7, 11) is 0. The average molecular weight is 203 g/mol. The van der Waals surface area contributed by atoms with Gasteiger partial charge >= 0.3 is 0 Å². The number of pyridine rings is 1. The van der Waals surface area contributed by atoms with Crippen molar-refractivity contribution in [2.75, 3.05) is 13.2 Å². The van der Waals surface area contributed by atoms with Gasteiger partial charge < -0.3 is 15.6 Å². The van der Waals surface area contributed by atoms with Crippen LogP contribution >= 0.6 is 11.6 Å². The molecule has 1 heterocycles. The van der Waals surface area contributed by atoms with Gasteiger partial charge in [0.15, 0.2) is 0 Å². The lowest BCUT2D eigenvalue weighted by atomic mass is 10.4. The van der Waals surface area contributed by atoms with E-state index in [0.29, 0.717) is 10.8 Å². The number of hydrogen-bond acceptors (Lipinski definition) is 4. The van der Waals surface area contributed by atoms with Crippen LogP contribution in [-0.2, 0) is 0 Å². The Hall–Kier alpha value is -0.840. The summed E-state index contributed by atoms with van der Waals surface area (Å²) in [6, 6.07) is 1.62. The van der Waals surface area contributed by atoms with Gasteiger partial charge in [0, 0.05) is 18.8 Å². The molecule has 1 atom stereocenters. The molecule has 0 fully saturated rings. The number of aromatic nitrogens is 1. The van der Waals surface area contributed by atoms with Gasteiger partial charge in [-0.1, -0.05) is 11.6 Å². The molecule has 4 nitrogen and oxygen atoms in total. The average Bonchev–Trinajstić information content (AvgIpc) is 2.14. The van der Waals surface area contributed by atoms with E-state index in [1.165, 1.54) is 12.4 Å². The Morgan fingerprint density at radius 2 is 2.38 bits per heavy atom. The Balaban J connectivity index is 2.45. The van der Waals surface area contributed by atoms with Crippen LogP contribution in [0.1, 0.15) is 0 Å². The first-order valence-electron chi connectivity index (χ1n) is 3.84. The van der Waals surface area contributed by atoms with Gasteiger partial charge in [0.05, 0.1) is 11.2 Å². The van der Waals surface area contributed by atoms with Gasteiger partial charge in [-0.25, -0.2) is 0 Å². The summed E-state index contributed by atoms with van der Waals surface area (Å²) in [6.45, 7) is 0.326. The lowest BCUT2D eigenvalue weighted by Gasteiger charge is -2.09. The molecular weight excluding hydrogens is 192 g/mol. The molecule has 5 heteroatoms. The van der Waals surface area contributed by atoms with Crippen LogP contribution in [0.5, 0.6) is 5.75 Å². The Bertz CT molecular complexity index is 270. The number of ether oxygens (including phenoxy) is 1. The van der Waals surface area contributed by atoms with Crippen LogP contribution in [0.3, 0.4) is 0 Å². The highest BCUT2D eigenvalue weighted by atomic mass is 35.5. The molecule has 13 heavy (non-hydrogen) atoms. The molecule has 0 radical (unpaired) electrons. The maximum atomic E-state index is 9.09. The lowest BCUT2D eigenvalue weighted by molar-refractivity contribution is 0.114. The third-order valence-corrected chi connectivity index (χ3v) is 1.60. The smallest absolute Gasteiger partial charge is 0.139 e. The summed E-state index contributed by atoms with van der Waals surface area (Å²) >= 11 is 5.66. The molecule has 0 aliphatic heterocycles. The predicted molar refractivity (Wildman–Crippen MR) is 49.8 cm³/mol. The molecule has 0 bridgehead atoms. The second-order valence-corrected chi connectivity index (χ2v) is 2.98. The van der Waals surface area contributed by atoms with Crippen LogP contribution in [-0.4, -0.2) is 29.3 Å². The SMILES string of the molecule is NCC(O)COc1cncc(Cl)c1. The molecule has 3 N–H and O–H groups in total. The van der Waals surface area contributed by atoms with E-state index in [-0.39, 0.29) is 13.2 Å². The Labute approximate surface area is 81.3 Å². The predicted octanol–water partition coefficient (Wildman–Crippen LogP) is 0.433. The number of nitrogens with zero attached hydrogens (tertiary/aromatic N) is 1. The van der Waals surface area contributed by atoms with Crippen molar-refractivity contribution in [2.24, 2.45) is 5.73 Å². The molecule has 0 saturated carbocycles. The molecule has 0 aliphatic carbocycles. The van der Waals surface area contributed by atoms with Crippen LogP contribution in [0.15, 0.2) is 18.5 Å². The van der Waals surface area contributed by atoms with Crippen molar-refractivity contribution in [1.29, 1.82) is 0 Å². The normalized spacial score (nSPS) is 12.5. The van der Waals surface area contributed by atoms with Crippen molar-refractivity contribution in [3.8, 4) is 5.75 Å². The highest BCUT2D eigenvalue weighted by molar-refractivity contribution is 6.30. The van der Waals surface area contributed by atoms with Gasteiger partial charge in [-0.3, -0.25) is 4.98 Å². The molecule has 1 aromatic heterocycles. The summed E-state index contributed by atoms with van der Waals surface area (Å²) in [5, 5.41) is 9.58. The Kier molecular flexibility index (Phi) is 3.95. The van der Waals surface area contributed by atoms with Crippen molar-refractivity contribution in [2.45, 2.75) is 6.10 Å². The highest BCUT2D eigenvalue weighted by Gasteiger charge is 2.02. The Morgan fingerprint density at radius 3 is 3.00 bits per heavy atom. The molecule has 0 aromatic carbocycles. The van der Waals surface area contributed by atoms with Gasteiger partial charge in [0.1, 0.15) is 18.5 Å². The second-order valence-electron chi connectivity index (χ2n) is 2.54. The second kappa shape index (κ2) is 5.01. The molecule has 0 spiro atoms. The van der Waals surface area contributed by atoms with Crippen molar-refractivity contribution in [1.82, 2.24) is 4.98 Å². The number of aliphatic hydroxyl groups excluding tert-OH is 1. The fourth-order valence-corrected chi connectivity index (χ4v) is 0.896. The first-order chi connectivity index (χ1) is 6.22. The van der Waals surface area contributed by atoms with E-state index in [1.54, 1.807) is 6.07 Å². The number of halogens is 1. The van der Waals surface area contributed by atoms with Crippen LogP contribution in [0, 0.1) is 0 Å². The van der Waals surface area contributed by atoms with Crippen LogP contribution < -0.4 is 10.5 Å². The number of hydrogen-bond donors (Lipinski definition) is 2.